The maximum absolute atomic E-state index is 10.6. The van der Waals surface area contributed by atoms with Crippen LogP contribution < -0.4 is 16.4 Å². The molecule has 0 aromatic carbocycles. The van der Waals surface area contributed by atoms with Gasteiger partial charge in [0, 0.05) is 13.5 Å². The molecule has 5 heteroatoms. The summed E-state index contributed by atoms with van der Waals surface area (Å²) < 4.78 is 0. The maximum atomic E-state index is 10.6. The first-order valence-corrected chi connectivity index (χ1v) is 3.29. The molecule has 0 saturated carbocycles. The molecule has 1 atom stereocenters. The van der Waals surface area contributed by atoms with Crippen LogP contribution >= 0.6 is 0 Å². The molecule has 0 aromatic heterocycles. The van der Waals surface area contributed by atoms with Crippen molar-refractivity contribution in [2.75, 3.05) is 13.6 Å². The first kappa shape index (κ1) is 9.90. The predicted octanol–water partition coefficient (Wildman–Crippen LogP) is -1.80. The van der Waals surface area contributed by atoms with E-state index in [0.717, 1.165) is 0 Å². The van der Waals surface area contributed by atoms with Crippen LogP contribution in [-0.4, -0.2) is 31.4 Å². The number of primary amides is 1. The Balaban J connectivity index is 3.70. The molecule has 1 unspecified atom stereocenters. The normalized spacial score (nSPS) is 12.2. The van der Waals surface area contributed by atoms with E-state index in [1.165, 1.54) is 6.92 Å². The van der Waals surface area contributed by atoms with Crippen LogP contribution in [0.3, 0.4) is 0 Å². The smallest absolute Gasteiger partial charge is 0.236 e. The molecule has 64 valence electrons. The number of likely N-dealkylation sites (N-methyl/N-ethyl adjacent to an activating group) is 1. The zero-order chi connectivity index (χ0) is 8.85. The fraction of sp³-hybridized carbons (Fsp3) is 0.667. The Labute approximate surface area is 65.3 Å². The molecule has 0 aliphatic carbocycles. The van der Waals surface area contributed by atoms with E-state index in [1.807, 2.05) is 0 Å². The number of carbonyl (C=O) groups is 2. The lowest BCUT2D eigenvalue weighted by atomic mass is 10.3. The second kappa shape index (κ2) is 4.68. The second-order valence-corrected chi connectivity index (χ2v) is 2.18. The Hall–Kier alpha value is -1.10. The van der Waals surface area contributed by atoms with E-state index in [9.17, 15) is 9.59 Å². The highest BCUT2D eigenvalue weighted by atomic mass is 16.2. The van der Waals surface area contributed by atoms with Crippen LogP contribution in [-0.2, 0) is 9.59 Å². The van der Waals surface area contributed by atoms with Crippen LogP contribution in [0.5, 0.6) is 0 Å². The Morgan fingerprint density at radius 1 is 1.55 bits per heavy atom. The van der Waals surface area contributed by atoms with Crippen LogP contribution in [0.15, 0.2) is 0 Å². The number of amides is 2. The second-order valence-electron chi connectivity index (χ2n) is 2.18. The number of nitrogens with one attached hydrogen (secondary N) is 2. The van der Waals surface area contributed by atoms with E-state index < -0.39 is 11.9 Å². The minimum absolute atomic E-state index is 0.175. The quantitative estimate of drug-likeness (QED) is 0.452. The Kier molecular flexibility index (Phi) is 4.21. The minimum atomic E-state index is -0.487. The maximum Gasteiger partial charge on any atom is 0.236 e. The van der Waals surface area contributed by atoms with Crippen molar-refractivity contribution in [1.29, 1.82) is 0 Å². The molecule has 0 aliphatic rings. The summed E-state index contributed by atoms with van der Waals surface area (Å²) in [5.41, 5.74) is 4.98. The van der Waals surface area contributed by atoms with Crippen molar-refractivity contribution >= 4 is 11.8 Å². The zero-order valence-electron chi connectivity index (χ0n) is 6.68. The van der Waals surface area contributed by atoms with E-state index in [-0.39, 0.29) is 12.5 Å². The van der Waals surface area contributed by atoms with Gasteiger partial charge in [-0.2, -0.15) is 0 Å². The number of carbonyl (C=O) groups excluding carboxylic acids is 2. The van der Waals surface area contributed by atoms with Crippen LogP contribution in [0.1, 0.15) is 6.92 Å². The predicted molar refractivity (Wildman–Crippen MR) is 40.7 cm³/mol. The number of hydrogen-bond donors (Lipinski definition) is 3. The monoisotopic (exact) mass is 159 g/mol. The zero-order valence-corrected chi connectivity index (χ0v) is 6.68. The summed E-state index contributed by atoms with van der Waals surface area (Å²) >= 11 is 0. The summed E-state index contributed by atoms with van der Waals surface area (Å²) in [5.74, 6) is -0.646. The van der Waals surface area contributed by atoms with E-state index in [2.05, 4.69) is 10.6 Å². The van der Waals surface area contributed by atoms with E-state index in [0.29, 0.717) is 0 Å². The lowest BCUT2D eigenvalue weighted by Crippen LogP contribution is -2.47. The van der Waals surface area contributed by atoms with Crippen molar-refractivity contribution in [3.63, 3.8) is 0 Å². The molecule has 0 bridgehead atoms. The molecule has 0 radical (unpaired) electrons. The fourth-order valence-corrected chi connectivity index (χ4v) is 0.591. The molecule has 0 aromatic rings. The minimum Gasteiger partial charge on any atom is -0.368 e. The molecule has 4 N–H and O–H groups in total. The van der Waals surface area contributed by atoms with Gasteiger partial charge < -0.3 is 16.4 Å². The Bertz CT molecular complexity index is 158. The van der Waals surface area contributed by atoms with Gasteiger partial charge in [0.25, 0.3) is 0 Å². The van der Waals surface area contributed by atoms with Crippen molar-refractivity contribution in [3.8, 4) is 0 Å². The Morgan fingerprint density at radius 3 is 2.36 bits per heavy atom. The number of rotatable bonds is 4. The van der Waals surface area contributed by atoms with Crippen LogP contribution in [0, 0.1) is 0 Å². The van der Waals surface area contributed by atoms with Gasteiger partial charge in [0.15, 0.2) is 0 Å². The molecule has 0 heterocycles. The fourth-order valence-electron chi connectivity index (χ4n) is 0.591. The highest BCUT2D eigenvalue weighted by Gasteiger charge is 2.11. The third-order valence-corrected chi connectivity index (χ3v) is 1.25. The molecular formula is C6H13N3O2. The summed E-state index contributed by atoms with van der Waals surface area (Å²) in [7, 11) is 1.61. The van der Waals surface area contributed by atoms with Gasteiger partial charge in [0.2, 0.25) is 11.8 Å². The molecule has 11 heavy (non-hydrogen) atoms. The molecule has 0 saturated heterocycles. The van der Waals surface area contributed by atoms with Gasteiger partial charge in [-0.25, -0.2) is 0 Å². The summed E-state index contributed by atoms with van der Waals surface area (Å²) in [4.78, 5) is 20.9. The molecule has 0 rings (SSSR count). The lowest BCUT2D eigenvalue weighted by Gasteiger charge is -2.11. The van der Waals surface area contributed by atoms with Crippen LogP contribution in [0.4, 0.5) is 0 Å². The number of hydrogen-bond acceptors (Lipinski definition) is 3. The first-order valence-electron chi connectivity index (χ1n) is 3.29. The van der Waals surface area contributed by atoms with Gasteiger partial charge in [-0.1, -0.05) is 0 Å². The SMILES string of the molecule is CNC(CNC(C)=O)C(N)=O. The summed E-state index contributed by atoms with van der Waals surface area (Å²) in [6.07, 6.45) is 0. The van der Waals surface area contributed by atoms with Crippen molar-refractivity contribution in [2.45, 2.75) is 13.0 Å². The molecular weight excluding hydrogens is 146 g/mol. The van der Waals surface area contributed by atoms with E-state index >= 15 is 0 Å². The molecule has 0 fully saturated rings. The van der Waals surface area contributed by atoms with Crippen molar-refractivity contribution < 1.29 is 9.59 Å². The average molecular weight is 159 g/mol. The van der Waals surface area contributed by atoms with E-state index in [4.69, 9.17) is 5.73 Å². The van der Waals surface area contributed by atoms with Gasteiger partial charge >= 0.3 is 0 Å². The van der Waals surface area contributed by atoms with Gasteiger partial charge in [0.05, 0.1) is 0 Å². The van der Waals surface area contributed by atoms with Crippen LogP contribution in [0.25, 0.3) is 0 Å². The molecule has 0 aliphatic heterocycles. The van der Waals surface area contributed by atoms with Crippen molar-refractivity contribution in [3.05, 3.63) is 0 Å². The largest absolute Gasteiger partial charge is 0.368 e. The summed E-state index contributed by atoms with van der Waals surface area (Å²) in [6, 6.07) is -0.487. The van der Waals surface area contributed by atoms with Gasteiger partial charge in [-0.15, -0.1) is 0 Å². The van der Waals surface area contributed by atoms with Gasteiger partial charge in [-0.05, 0) is 7.05 Å². The lowest BCUT2D eigenvalue weighted by molar-refractivity contribution is -0.121. The van der Waals surface area contributed by atoms with Crippen LogP contribution in [0.2, 0.25) is 0 Å². The highest BCUT2D eigenvalue weighted by molar-refractivity contribution is 5.81. The van der Waals surface area contributed by atoms with Crippen molar-refractivity contribution in [2.24, 2.45) is 5.73 Å². The third-order valence-electron chi connectivity index (χ3n) is 1.25. The molecule has 5 nitrogen and oxygen atoms in total. The summed E-state index contributed by atoms with van der Waals surface area (Å²) in [6.45, 7) is 1.62. The Morgan fingerprint density at radius 2 is 2.09 bits per heavy atom. The standard InChI is InChI=1S/C6H13N3O2/c1-4(10)9-3-5(8-2)6(7)11/h5,8H,3H2,1-2H3,(H2,7,11)(H,9,10). The van der Waals surface area contributed by atoms with E-state index in [1.54, 1.807) is 7.05 Å². The topological polar surface area (TPSA) is 84.2 Å². The van der Waals surface area contributed by atoms with Gasteiger partial charge in [0.1, 0.15) is 6.04 Å². The summed E-state index contributed by atoms with van der Waals surface area (Å²) in [5, 5.41) is 5.14. The average Bonchev–Trinajstić information content (AvgIpc) is 1.87. The molecule has 2 amide bonds. The first-order chi connectivity index (χ1) is 5.07. The van der Waals surface area contributed by atoms with Crippen molar-refractivity contribution in [1.82, 2.24) is 10.6 Å². The highest BCUT2D eigenvalue weighted by Crippen LogP contribution is 1.76. The van der Waals surface area contributed by atoms with Gasteiger partial charge in [-0.3, -0.25) is 9.59 Å². The number of nitrogens with two attached hydrogens (primary N) is 1. The molecule has 0 spiro atoms. The third kappa shape index (κ3) is 4.32.